The number of fused-ring (bicyclic) bond motifs is 1. The largest absolute Gasteiger partial charge is 0.356 e. The van der Waals surface area contributed by atoms with Gasteiger partial charge in [-0.05, 0) is 37.8 Å². The molecule has 0 spiro atoms. The maximum absolute atomic E-state index is 13.9. The number of hydrogen-bond acceptors (Lipinski definition) is 4. The van der Waals surface area contributed by atoms with E-state index in [1.165, 1.54) is 6.07 Å². The van der Waals surface area contributed by atoms with E-state index in [0.717, 1.165) is 54.7 Å². The minimum absolute atomic E-state index is 0.198. The van der Waals surface area contributed by atoms with Gasteiger partial charge in [0.1, 0.15) is 17.5 Å². The van der Waals surface area contributed by atoms with E-state index in [-0.39, 0.29) is 11.7 Å². The quantitative estimate of drug-likeness (QED) is 0.858. The molecule has 0 unspecified atom stereocenters. The van der Waals surface area contributed by atoms with Gasteiger partial charge < -0.3 is 15.1 Å². The number of hydrogen-bond donors (Lipinski definition) is 1. The van der Waals surface area contributed by atoms with E-state index >= 15 is 0 Å². The summed E-state index contributed by atoms with van der Waals surface area (Å²) in [7, 11) is 0. The summed E-state index contributed by atoms with van der Waals surface area (Å²) >= 11 is 0. The van der Waals surface area contributed by atoms with E-state index in [9.17, 15) is 9.18 Å². The second kappa shape index (κ2) is 7.73. The number of carbonyl (C=O) groups excluding carboxylic acids is 1. The Morgan fingerprint density at radius 3 is 2.68 bits per heavy atom. The third-order valence-corrected chi connectivity index (χ3v) is 5.64. The number of urea groups is 1. The summed E-state index contributed by atoms with van der Waals surface area (Å²) < 4.78 is 13.9. The van der Waals surface area contributed by atoms with Crippen molar-refractivity contribution in [2.45, 2.75) is 39.7 Å². The van der Waals surface area contributed by atoms with Gasteiger partial charge in [0.05, 0.1) is 17.9 Å². The predicted molar refractivity (Wildman–Crippen MR) is 107 cm³/mol. The predicted octanol–water partition coefficient (Wildman–Crippen LogP) is 3.75. The molecule has 0 aliphatic carbocycles. The molecule has 0 atom stereocenters. The summed E-state index contributed by atoms with van der Waals surface area (Å²) in [6.45, 7) is 7.16. The van der Waals surface area contributed by atoms with Crippen LogP contribution in [-0.2, 0) is 13.0 Å². The lowest BCUT2D eigenvalue weighted by Gasteiger charge is -2.36. The van der Waals surface area contributed by atoms with Gasteiger partial charge in [0.25, 0.3) is 0 Å². The van der Waals surface area contributed by atoms with Gasteiger partial charge >= 0.3 is 6.03 Å². The summed E-state index contributed by atoms with van der Waals surface area (Å²) in [5.74, 6) is 2.03. The molecule has 7 heteroatoms. The van der Waals surface area contributed by atoms with Crippen molar-refractivity contribution in [3.63, 3.8) is 0 Å². The van der Waals surface area contributed by atoms with Crippen molar-refractivity contribution in [2.75, 3.05) is 29.9 Å². The molecule has 2 aliphatic heterocycles. The molecule has 1 N–H and O–H groups in total. The lowest BCUT2D eigenvalue weighted by Crippen LogP contribution is -2.41. The Bertz CT molecular complexity index is 879. The molecular weight excluding hydrogens is 357 g/mol. The first kappa shape index (κ1) is 18.7. The van der Waals surface area contributed by atoms with Crippen molar-refractivity contribution in [1.82, 2.24) is 14.9 Å². The second-order valence-electron chi connectivity index (χ2n) is 7.77. The van der Waals surface area contributed by atoms with Gasteiger partial charge in [-0.1, -0.05) is 19.1 Å². The van der Waals surface area contributed by atoms with E-state index in [1.807, 2.05) is 6.92 Å². The molecule has 1 saturated heterocycles. The van der Waals surface area contributed by atoms with Crippen LogP contribution in [0.3, 0.4) is 0 Å². The van der Waals surface area contributed by atoms with Crippen LogP contribution in [0.5, 0.6) is 0 Å². The van der Waals surface area contributed by atoms with Crippen molar-refractivity contribution in [1.29, 1.82) is 0 Å². The highest BCUT2D eigenvalue weighted by Crippen LogP contribution is 2.30. The molecule has 2 amide bonds. The zero-order chi connectivity index (χ0) is 19.7. The number of amides is 2. The van der Waals surface area contributed by atoms with Crippen molar-refractivity contribution in [3.05, 3.63) is 47.2 Å². The number of rotatable bonds is 2. The number of halogens is 1. The van der Waals surface area contributed by atoms with Gasteiger partial charge in [-0.15, -0.1) is 0 Å². The van der Waals surface area contributed by atoms with Crippen LogP contribution in [0.4, 0.5) is 20.7 Å². The summed E-state index contributed by atoms with van der Waals surface area (Å²) in [5.41, 5.74) is 2.25. The Morgan fingerprint density at radius 2 is 1.93 bits per heavy atom. The van der Waals surface area contributed by atoms with Crippen LogP contribution in [0, 0.1) is 18.7 Å². The highest BCUT2D eigenvalue weighted by molar-refractivity contribution is 5.89. The van der Waals surface area contributed by atoms with Gasteiger partial charge in [-0.25, -0.2) is 19.2 Å². The number of benzene rings is 1. The minimum Gasteiger partial charge on any atom is -0.356 e. The Balaban J connectivity index is 1.55. The van der Waals surface area contributed by atoms with Gasteiger partial charge in [-0.2, -0.15) is 0 Å². The molecule has 0 bridgehead atoms. The van der Waals surface area contributed by atoms with Crippen LogP contribution in [-0.4, -0.2) is 40.5 Å². The first-order valence-corrected chi connectivity index (χ1v) is 9.93. The van der Waals surface area contributed by atoms with E-state index in [4.69, 9.17) is 4.98 Å². The maximum atomic E-state index is 13.9. The summed E-state index contributed by atoms with van der Waals surface area (Å²) in [5, 5.41) is 2.68. The normalized spacial score (nSPS) is 17.4. The number of aromatic nitrogens is 2. The monoisotopic (exact) mass is 383 g/mol. The van der Waals surface area contributed by atoms with Gasteiger partial charge in [0, 0.05) is 31.6 Å². The van der Waals surface area contributed by atoms with Crippen LogP contribution in [0.15, 0.2) is 24.3 Å². The minimum atomic E-state index is -0.435. The zero-order valence-corrected chi connectivity index (χ0v) is 16.4. The third kappa shape index (κ3) is 3.79. The van der Waals surface area contributed by atoms with Crippen molar-refractivity contribution < 1.29 is 9.18 Å². The first-order valence-electron chi connectivity index (χ1n) is 9.93. The lowest BCUT2D eigenvalue weighted by atomic mass is 9.98. The summed E-state index contributed by atoms with van der Waals surface area (Å²) in [6.07, 6.45) is 2.98. The van der Waals surface area contributed by atoms with Crippen LogP contribution >= 0.6 is 0 Å². The summed E-state index contributed by atoms with van der Waals surface area (Å²) in [4.78, 5) is 26.1. The number of anilines is 2. The van der Waals surface area contributed by atoms with Gasteiger partial charge in [0.2, 0.25) is 0 Å². The maximum Gasteiger partial charge on any atom is 0.322 e. The Kier molecular flexibility index (Phi) is 5.15. The average Bonchev–Trinajstić information content (AvgIpc) is 2.69. The fourth-order valence-electron chi connectivity index (χ4n) is 3.93. The SMILES string of the molecule is Cc1nc2c(c(N3CCC(C)CC3)n1)CN(C(=O)Nc1ccccc1F)CC2. The smallest absolute Gasteiger partial charge is 0.322 e. The average molecular weight is 383 g/mol. The van der Waals surface area contributed by atoms with Crippen LogP contribution in [0.2, 0.25) is 0 Å². The van der Waals surface area contributed by atoms with Crippen LogP contribution in [0.25, 0.3) is 0 Å². The molecule has 1 fully saturated rings. The fourth-order valence-corrected chi connectivity index (χ4v) is 3.93. The highest BCUT2D eigenvalue weighted by atomic mass is 19.1. The Labute approximate surface area is 164 Å². The Morgan fingerprint density at radius 1 is 1.18 bits per heavy atom. The topological polar surface area (TPSA) is 61.4 Å². The molecule has 6 nitrogen and oxygen atoms in total. The number of nitrogens with one attached hydrogen (secondary N) is 1. The number of nitrogens with zero attached hydrogens (tertiary/aromatic N) is 4. The van der Waals surface area contributed by atoms with Crippen molar-refractivity contribution in [2.24, 2.45) is 5.92 Å². The van der Waals surface area contributed by atoms with Crippen molar-refractivity contribution in [3.8, 4) is 0 Å². The molecule has 4 rings (SSSR count). The molecule has 148 valence electrons. The number of para-hydroxylation sites is 1. The lowest BCUT2D eigenvalue weighted by molar-refractivity contribution is 0.205. The first-order chi connectivity index (χ1) is 13.5. The molecule has 0 saturated carbocycles. The molecule has 1 aromatic heterocycles. The standard InChI is InChI=1S/C21H26FN5O/c1-14-7-10-26(11-8-14)20-16-13-27(12-9-18(16)23-15(2)24-20)21(28)25-19-6-4-3-5-17(19)22/h3-6,14H,7-13H2,1-2H3,(H,25,28). The molecular formula is C21H26FN5O. The molecule has 0 radical (unpaired) electrons. The molecule has 2 aromatic rings. The zero-order valence-electron chi connectivity index (χ0n) is 16.4. The van der Waals surface area contributed by atoms with E-state index < -0.39 is 5.82 Å². The van der Waals surface area contributed by atoms with Crippen LogP contribution in [0.1, 0.15) is 36.8 Å². The van der Waals surface area contributed by atoms with Crippen molar-refractivity contribution >= 4 is 17.5 Å². The van der Waals surface area contributed by atoms with Gasteiger partial charge in [-0.3, -0.25) is 0 Å². The van der Waals surface area contributed by atoms with E-state index in [1.54, 1.807) is 23.1 Å². The molecule has 1 aromatic carbocycles. The van der Waals surface area contributed by atoms with Gasteiger partial charge in [0.15, 0.2) is 0 Å². The number of carbonyl (C=O) groups is 1. The molecule has 2 aliphatic rings. The third-order valence-electron chi connectivity index (χ3n) is 5.64. The summed E-state index contributed by atoms with van der Waals surface area (Å²) in [6, 6.07) is 5.92. The fraction of sp³-hybridized carbons (Fsp3) is 0.476. The van der Waals surface area contributed by atoms with E-state index in [0.29, 0.717) is 19.5 Å². The molecule has 28 heavy (non-hydrogen) atoms. The molecule has 3 heterocycles. The number of aryl methyl sites for hydroxylation is 1. The van der Waals surface area contributed by atoms with E-state index in [2.05, 4.69) is 22.1 Å². The second-order valence-corrected chi connectivity index (χ2v) is 7.77. The highest BCUT2D eigenvalue weighted by Gasteiger charge is 2.28. The van der Waals surface area contributed by atoms with Crippen LogP contribution < -0.4 is 10.2 Å². The number of piperidine rings is 1. The Hall–Kier alpha value is -2.70.